The lowest BCUT2D eigenvalue weighted by Crippen LogP contribution is -2.33. The molecule has 72 valence electrons. The fourth-order valence-corrected chi connectivity index (χ4v) is 1.42. The van der Waals surface area contributed by atoms with E-state index in [9.17, 15) is 4.79 Å². The summed E-state index contributed by atoms with van der Waals surface area (Å²) in [4.78, 5) is 13.2. The predicted octanol–water partition coefficient (Wildman–Crippen LogP) is 2.12. The van der Waals surface area contributed by atoms with Gasteiger partial charge in [0.25, 0.3) is 0 Å². The van der Waals surface area contributed by atoms with Gasteiger partial charge in [0.15, 0.2) is 0 Å². The second kappa shape index (κ2) is 6.30. The van der Waals surface area contributed by atoms with Crippen LogP contribution in [-0.2, 0) is 4.79 Å². The van der Waals surface area contributed by atoms with Gasteiger partial charge >= 0.3 is 0 Å². The number of alkyl halides is 1. The molecule has 12 heavy (non-hydrogen) atoms. The fraction of sp³-hybridized carbons (Fsp3) is 0.889. The van der Waals surface area contributed by atoms with Crippen molar-refractivity contribution < 1.29 is 4.79 Å². The standard InChI is InChI=1S/C9H18ClNO/c1-4-5-8(2)9(12)11(3)7-6-10/h8H,4-7H2,1-3H3. The van der Waals surface area contributed by atoms with Crippen molar-refractivity contribution >= 4 is 17.5 Å². The third-order valence-electron chi connectivity index (χ3n) is 1.94. The summed E-state index contributed by atoms with van der Waals surface area (Å²) in [5.41, 5.74) is 0. The van der Waals surface area contributed by atoms with E-state index < -0.39 is 0 Å². The smallest absolute Gasteiger partial charge is 0.225 e. The molecule has 1 atom stereocenters. The predicted molar refractivity (Wildman–Crippen MR) is 52.4 cm³/mol. The van der Waals surface area contributed by atoms with Crippen LogP contribution in [0.5, 0.6) is 0 Å². The van der Waals surface area contributed by atoms with Crippen LogP contribution < -0.4 is 0 Å². The molecular formula is C9H18ClNO. The van der Waals surface area contributed by atoms with E-state index in [0.717, 1.165) is 12.8 Å². The highest BCUT2D eigenvalue weighted by atomic mass is 35.5. The zero-order valence-electron chi connectivity index (χ0n) is 8.14. The summed E-state index contributed by atoms with van der Waals surface area (Å²) in [5.74, 6) is 0.863. The number of carbonyl (C=O) groups excluding carboxylic acids is 1. The highest BCUT2D eigenvalue weighted by Crippen LogP contribution is 2.08. The maximum Gasteiger partial charge on any atom is 0.225 e. The van der Waals surface area contributed by atoms with E-state index >= 15 is 0 Å². The maximum atomic E-state index is 11.5. The molecule has 3 heteroatoms. The second-order valence-electron chi connectivity index (χ2n) is 3.14. The minimum absolute atomic E-state index is 0.142. The van der Waals surface area contributed by atoms with E-state index in [0.29, 0.717) is 12.4 Å². The first-order valence-corrected chi connectivity index (χ1v) is 4.97. The molecule has 0 aliphatic heterocycles. The largest absolute Gasteiger partial charge is 0.344 e. The molecule has 0 radical (unpaired) electrons. The Morgan fingerprint density at radius 1 is 1.58 bits per heavy atom. The van der Waals surface area contributed by atoms with Crippen molar-refractivity contribution in [1.29, 1.82) is 0 Å². The summed E-state index contributed by atoms with van der Waals surface area (Å²) in [6, 6.07) is 0. The summed E-state index contributed by atoms with van der Waals surface area (Å²) in [6.45, 7) is 4.70. The minimum Gasteiger partial charge on any atom is -0.344 e. The highest BCUT2D eigenvalue weighted by Gasteiger charge is 2.15. The van der Waals surface area contributed by atoms with E-state index in [1.165, 1.54) is 0 Å². The van der Waals surface area contributed by atoms with Crippen LogP contribution in [0.3, 0.4) is 0 Å². The van der Waals surface area contributed by atoms with E-state index in [1.807, 2.05) is 6.92 Å². The van der Waals surface area contributed by atoms with Gasteiger partial charge in [-0.15, -0.1) is 11.6 Å². The zero-order chi connectivity index (χ0) is 9.56. The molecule has 0 aromatic rings. The first-order valence-electron chi connectivity index (χ1n) is 4.44. The van der Waals surface area contributed by atoms with Crippen LogP contribution in [0, 0.1) is 5.92 Å². The molecule has 1 unspecified atom stereocenters. The van der Waals surface area contributed by atoms with Gasteiger partial charge in [0.1, 0.15) is 0 Å². The van der Waals surface area contributed by atoms with Gasteiger partial charge in [0.2, 0.25) is 5.91 Å². The molecule has 0 bridgehead atoms. The Bertz CT molecular complexity index is 124. The van der Waals surface area contributed by atoms with Gasteiger partial charge in [-0.3, -0.25) is 4.79 Å². The minimum atomic E-state index is 0.142. The Kier molecular flexibility index (Phi) is 6.17. The maximum absolute atomic E-state index is 11.5. The van der Waals surface area contributed by atoms with Crippen molar-refractivity contribution in [2.75, 3.05) is 19.5 Å². The lowest BCUT2D eigenvalue weighted by Gasteiger charge is -2.19. The molecule has 0 aliphatic carbocycles. The Labute approximate surface area is 79.9 Å². The van der Waals surface area contributed by atoms with Crippen molar-refractivity contribution in [3.63, 3.8) is 0 Å². The van der Waals surface area contributed by atoms with Crippen LogP contribution in [0.4, 0.5) is 0 Å². The molecule has 0 saturated heterocycles. The average molecular weight is 192 g/mol. The van der Waals surface area contributed by atoms with E-state index in [2.05, 4.69) is 6.92 Å². The van der Waals surface area contributed by atoms with Gasteiger partial charge < -0.3 is 4.90 Å². The van der Waals surface area contributed by atoms with Gasteiger partial charge in [-0.1, -0.05) is 20.3 Å². The second-order valence-corrected chi connectivity index (χ2v) is 3.52. The first kappa shape index (κ1) is 11.8. The normalized spacial score (nSPS) is 12.7. The molecular weight excluding hydrogens is 174 g/mol. The van der Waals surface area contributed by atoms with Crippen LogP contribution in [0.25, 0.3) is 0 Å². The molecule has 0 rings (SSSR count). The van der Waals surface area contributed by atoms with Crippen molar-refractivity contribution in [2.24, 2.45) is 5.92 Å². The molecule has 0 heterocycles. The first-order chi connectivity index (χ1) is 5.63. The third kappa shape index (κ3) is 3.96. The van der Waals surface area contributed by atoms with Gasteiger partial charge in [0, 0.05) is 25.4 Å². The molecule has 0 fully saturated rings. The fourth-order valence-electron chi connectivity index (χ4n) is 1.17. The van der Waals surface area contributed by atoms with Crippen LogP contribution in [0.1, 0.15) is 26.7 Å². The highest BCUT2D eigenvalue weighted by molar-refractivity contribution is 6.18. The van der Waals surface area contributed by atoms with Crippen molar-refractivity contribution in [2.45, 2.75) is 26.7 Å². The van der Waals surface area contributed by atoms with Crippen LogP contribution >= 0.6 is 11.6 Å². The molecule has 0 aliphatic rings. The lowest BCUT2D eigenvalue weighted by molar-refractivity contribution is -0.133. The molecule has 0 aromatic heterocycles. The van der Waals surface area contributed by atoms with Crippen LogP contribution in [0.15, 0.2) is 0 Å². The molecule has 1 amide bonds. The van der Waals surface area contributed by atoms with Gasteiger partial charge in [-0.25, -0.2) is 0 Å². The summed E-state index contributed by atoms with van der Waals surface area (Å²) in [6.07, 6.45) is 2.02. The Morgan fingerprint density at radius 2 is 2.17 bits per heavy atom. The number of hydrogen-bond acceptors (Lipinski definition) is 1. The average Bonchev–Trinajstić information content (AvgIpc) is 2.04. The number of hydrogen-bond donors (Lipinski definition) is 0. The Balaban J connectivity index is 3.82. The van der Waals surface area contributed by atoms with E-state index in [1.54, 1.807) is 11.9 Å². The monoisotopic (exact) mass is 191 g/mol. The summed E-state index contributed by atoms with van der Waals surface area (Å²) in [7, 11) is 1.80. The van der Waals surface area contributed by atoms with E-state index in [-0.39, 0.29) is 11.8 Å². The van der Waals surface area contributed by atoms with Crippen molar-refractivity contribution in [3.8, 4) is 0 Å². The summed E-state index contributed by atoms with van der Waals surface area (Å²) in [5, 5.41) is 0. The van der Waals surface area contributed by atoms with Crippen LogP contribution in [0.2, 0.25) is 0 Å². The van der Waals surface area contributed by atoms with E-state index in [4.69, 9.17) is 11.6 Å². The topological polar surface area (TPSA) is 20.3 Å². The SMILES string of the molecule is CCCC(C)C(=O)N(C)CCCl. The van der Waals surface area contributed by atoms with Crippen molar-refractivity contribution in [1.82, 2.24) is 4.90 Å². The zero-order valence-corrected chi connectivity index (χ0v) is 8.90. The quantitative estimate of drug-likeness (QED) is 0.610. The molecule has 0 N–H and O–H groups in total. The number of carbonyl (C=O) groups is 1. The number of nitrogens with zero attached hydrogens (tertiary/aromatic N) is 1. The van der Waals surface area contributed by atoms with Gasteiger partial charge in [-0.2, -0.15) is 0 Å². The van der Waals surface area contributed by atoms with Crippen molar-refractivity contribution in [3.05, 3.63) is 0 Å². The summed E-state index contributed by atoms with van der Waals surface area (Å²) >= 11 is 5.53. The van der Waals surface area contributed by atoms with Gasteiger partial charge in [0.05, 0.1) is 0 Å². The lowest BCUT2D eigenvalue weighted by atomic mass is 10.1. The number of amides is 1. The number of halogens is 1. The molecule has 2 nitrogen and oxygen atoms in total. The van der Waals surface area contributed by atoms with Crippen LogP contribution in [-0.4, -0.2) is 30.3 Å². The molecule has 0 saturated carbocycles. The molecule has 0 aromatic carbocycles. The Hall–Kier alpha value is -0.240. The Morgan fingerprint density at radius 3 is 2.58 bits per heavy atom. The number of rotatable bonds is 5. The molecule has 0 spiro atoms. The van der Waals surface area contributed by atoms with Gasteiger partial charge in [-0.05, 0) is 6.42 Å². The summed E-state index contributed by atoms with van der Waals surface area (Å²) < 4.78 is 0. The third-order valence-corrected chi connectivity index (χ3v) is 2.11.